The topological polar surface area (TPSA) is 41.1 Å². The highest BCUT2D eigenvalue weighted by Crippen LogP contribution is 2.33. The molecule has 2 aliphatic rings. The third-order valence-electron chi connectivity index (χ3n) is 4.54. The summed E-state index contributed by atoms with van der Waals surface area (Å²) in [6, 6.07) is 8.47. The van der Waals surface area contributed by atoms with Gasteiger partial charge in [-0.15, -0.1) is 5.10 Å². The summed E-state index contributed by atoms with van der Waals surface area (Å²) in [5.41, 5.74) is 1.01. The van der Waals surface area contributed by atoms with Crippen LogP contribution in [0.15, 0.2) is 24.3 Å². The van der Waals surface area contributed by atoms with Crippen molar-refractivity contribution in [3.63, 3.8) is 0 Å². The number of hydrogen-bond acceptors (Lipinski definition) is 4. The standard InChI is InChI=1S/C15H18N4/c1-10-13-4-2-3-5-14(13)15(18-17-10)19-8-11-6-16-7-12(11)9-19/h2-5,11-12,16H,6-9H2,1H3. The lowest BCUT2D eigenvalue weighted by atomic mass is 10.0. The molecule has 3 heterocycles. The highest BCUT2D eigenvalue weighted by Gasteiger charge is 2.37. The van der Waals surface area contributed by atoms with Crippen LogP contribution in [0.3, 0.4) is 0 Å². The van der Waals surface area contributed by atoms with Gasteiger partial charge in [0.05, 0.1) is 5.69 Å². The first-order valence-corrected chi connectivity index (χ1v) is 7.00. The molecule has 4 nitrogen and oxygen atoms in total. The number of nitrogens with zero attached hydrogens (tertiary/aromatic N) is 3. The molecule has 1 N–H and O–H groups in total. The summed E-state index contributed by atoms with van der Waals surface area (Å²) in [6.07, 6.45) is 0. The average Bonchev–Trinajstić information content (AvgIpc) is 3.00. The van der Waals surface area contributed by atoms with E-state index in [2.05, 4.69) is 44.7 Å². The fraction of sp³-hybridized carbons (Fsp3) is 0.467. The summed E-state index contributed by atoms with van der Waals surface area (Å²) >= 11 is 0. The fourth-order valence-electron chi connectivity index (χ4n) is 3.49. The minimum absolute atomic E-state index is 0.780. The van der Waals surface area contributed by atoms with E-state index in [9.17, 15) is 0 Å². The molecule has 1 aromatic carbocycles. The van der Waals surface area contributed by atoms with Gasteiger partial charge in [0, 0.05) is 37.0 Å². The lowest BCUT2D eigenvalue weighted by Gasteiger charge is -2.20. The number of aromatic nitrogens is 2. The van der Waals surface area contributed by atoms with Crippen LogP contribution in [0.4, 0.5) is 5.82 Å². The molecule has 0 amide bonds. The molecule has 2 saturated heterocycles. The molecule has 19 heavy (non-hydrogen) atoms. The molecule has 1 aromatic heterocycles. The van der Waals surface area contributed by atoms with Crippen LogP contribution in [0.1, 0.15) is 5.69 Å². The number of anilines is 1. The van der Waals surface area contributed by atoms with Gasteiger partial charge in [0.25, 0.3) is 0 Å². The van der Waals surface area contributed by atoms with E-state index < -0.39 is 0 Å². The van der Waals surface area contributed by atoms with Gasteiger partial charge in [0.15, 0.2) is 5.82 Å². The summed E-state index contributed by atoms with van der Waals surface area (Å²) in [5, 5.41) is 14.8. The normalized spacial score (nSPS) is 26.1. The molecular formula is C15H18N4. The predicted molar refractivity (Wildman–Crippen MR) is 76.3 cm³/mol. The van der Waals surface area contributed by atoms with Crippen molar-refractivity contribution < 1.29 is 0 Å². The Morgan fingerprint density at radius 2 is 1.74 bits per heavy atom. The summed E-state index contributed by atoms with van der Waals surface area (Å²) in [7, 11) is 0. The molecule has 4 heteroatoms. The van der Waals surface area contributed by atoms with Crippen molar-refractivity contribution >= 4 is 16.6 Å². The van der Waals surface area contributed by atoms with E-state index in [1.165, 1.54) is 10.8 Å². The molecule has 0 saturated carbocycles. The van der Waals surface area contributed by atoms with Gasteiger partial charge in [0.2, 0.25) is 0 Å². The van der Waals surface area contributed by atoms with Gasteiger partial charge in [-0.25, -0.2) is 0 Å². The maximum absolute atomic E-state index is 4.47. The molecule has 0 aliphatic carbocycles. The van der Waals surface area contributed by atoms with Crippen molar-refractivity contribution in [1.29, 1.82) is 0 Å². The van der Waals surface area contributed by atoms with E-state index >= 15 is 0 Å². The Labute approximate surface area is 112 Å². The Kier molecular flexibility index (Phi) is 2.45. The van der Waals surface area contributed by atoms with E-state index in [4.69, 9.17) is 0 Å². The van der Waals surface area contributed by atoms with E-state index in [1.54, 1.807) is 0 Å². The number of fused-ring (bicyclic) bond motifs is 2. The molecule has 0 radical (unpaired) electrons. The van der Waals surface area contributed by atoms with E-state index in [-0.39, 0.29) is 0 Å². The van der Waals surface area contributed by atoms with Crippen LogP contribution in [0, 0.1) is 18.8 Å². The van der Waals surface area contributed by atoms with E-state index in [1.807, 2.05) is 6.92 Å². The fourth-order valence-corrected chi connectivity index (χ4v) is 3.49. The molecular weight excluding hydrogens is 236 g/mol. The second-order valence-electron chi connectivity index (χ2n) is 5.74. The van der Waals surface area contributed by atoms with Gasteiger partial charge in [-0.1, -0.05) is 24.3 Å². The monoisotopic (exact) mass is 254 g/mol. The Balaban J connectivity index is 1.78. The molecule has 98 valence electrons. The number of rotatable bonds is 1. The molecule has 2 aromatic rings. The molecule has 2 fully saturated rings. The highest BCUT2D eigenvalue weighted by atomic mass is 15.3. The Morgan fingerprint density at radius 1 is 1.05 bits per heavy atom. The number of hydrogen-bond donors (Lipinski definition) is 1. The second-order valence-corrected chi connectivity index (χ2v) is 5.74. The smallest absolute Gasteiger partial charge is 0.159 e. The highest BCUT2D eigenvalue weighted by molar-refractivity contribution is 5.93. The predicted octanol–water partition coefficient (Wildman–Crippen LogP) is 1.59. The van der Waals surface area contributed by atoms with Crippen molar-refractivity contribution in [3.05, 3.63) is 30.0 Å². The zero-order chi connectivity index (χ0) is 12.8. The molecule has 0 bridgehead atoms. The second kappa shape index (κ2) is 4.17. The summed E-state index contributed by atoms with van der Waals surface area (Å²) in [5.74, 6) is 2.62. The van der Waals surface area contributed by atoms with E-state index in [0.29, 0.717) is 0 Å². The maximum atomic E-state index is 4.47. The van der Waals surface area contributed by atoms with Crippen molar-refractivity contribution in [1.82, 2.24) is 15.5 Å². The largest absolute Gasteiger partial charge is 0.354 e. The molecule has 2 unspecified atom stereocenters. The zero-order valence-electron chi connectivity index (χ0n) is 11.1. The zero-order valence-corrected chi connectivity index (χ0v) is 11.1. The lowest BCUT2D eigenvalue weighted by Crippen LogP contribution is -2.26. The Bertz CT molecular complexity index is 613. The average molecular weight is 254 g/mol. The van der Waals surface area contributed by atoms with Crippen LogP contribution < -0.4 is 10.2 Å². The van der Waals surface area contributed by atoms with Crippen molar-refractivity contribution in [2.75, 3.05) is 31.1 Å². The minimum atomic E-state index is 0.780. The number of aryl methyl sites for hydroxylation is 1. The first-order valence-electron chi connectivity index (χ1n) is 7.00. The number of nitrogens with one attached hydrogen (secondary N) is 1. The quantitative estimate of drug-likeness (QED) is 0.839. The van der Waals surface area contributed by atoms with Crippen molar-refractivity contribution in [2.24, 2.45) is 11.8 Å². The van der Waals surface area contributed by atoms with Crippen molar-refractivity contribution in [3.8, 4) is 0 Å². The maximum Gasteiger partial charge on any atom is 0.159 e. The van der Waals surface area contributed by atoms with Gasteiger partial charge in [0.1, 0.15) is 0 Å². The third kappa shape index (κ3) is 1.70. The number of benzene rings is 1. The SMILES string of the molecule is Cc1nnc(N2CC3CNCC3C2)c2ccccc12. The molecule has 4 rings (SSSR count). The molecule has 0 spiro atoms. The summed E-state index contributed by atoms with van der Waals surface area (Å²) < 4.78 is 0. The van der Waals surface area contributed by atoms with E-state index in [0.717, 1.165) is 49.5 Å². The van der Waals surface area contributed by atoms with Gasteiger partial charge in [-0.2, -0.15) is 5.10 Å². The van der Waals surface area contributed by atoms with Gasteiger partial charge < -0.3 is 10.2 Å². The van der Waals surface area contributed by atoms with Crippen LogP contribution in [-0.4, -0.2) is 36.4 Å². The van der Waals surface area contributed by atoms with Crippen molar-refractivity contribution in [2.45, 2.75) is 6.92 Å². The van der Waals surface area contributed by atoms with Gasteiger partial charge in [-0.05, 0) is 18.8 Å². The first kappa shape index (κ1) is 11.2. The van der Waals surface area contributed by atoms with Crippen LogP contribution in [0.5, 0.6) is 0 Å². The van der Waals surface area contributed by atoms with Gasteiger partial charge >= 0.3 is 0 Å². The van der Waals surface area contributed by atoms with Crippen LogP contribution >= 0.6 is 0 Å². The van der Waals surface area contributed by atoms with Crippen LogP contribution in [-0.2, 0) is 0 Å². The van der Waals surface area contributed by atoms with Crippen LogP contribution in [0.25, 0.3) is 10.8 Å². The summed E-state index contributed by atoms with van der Waals surface area (Å²) in [6.45, 7) is 6.55. The molecule has 2 atom stereocenters. The molecule has 2 aliphatic heterocycles. The third-order valence-corrected chi connectivity index (χ3v) is 4.54. The minimum Gasteiger partial charge on any atom is -0.354 e. The Morgan fingerprint density at radius 3 is 2.47 bits per heavy atom. The lowest BCUT2D eigenvalue weighted by molar-refractivity contribution is 0.533. The van der Waals surface area contributed by atoms with Crippen LogP contribution in [0.2, 0.25) is 0 Å². The Hall–Kier alpha value is -1.68. The van der Waals surface area contributed by atoms with Gasteiger partial charge in [-0.3, -0.25) is 0 Å². The summed E-state index contributed by atoms with van der Waals surface area (Å²) in [4.78, 5) is 2.42. The first-order chi connectivity index (χ1) is 9.33.